The van der Waals surface area contributed by atoms with Crippen LogP contribution in [-0.2, 0) is 4.74 Å². The van der Waals surface area contributed by atoms with E-state index in [4.69, 9.17) is 4.74 Å². The van der Waals surface area contributed by atoms with E-state index in [1.165, 1.54) is 44.9 Å². The minimum Gasteiger partial charge on any atom is -0.378 e. The molecule has 0 aromatic heterocycles. The number of hydrogen-bond donors (Lipinski definition) is 0. The van der Waals surface area contributed by atoms with Gasteiger partial charge in [0.25, 0.3) is 0 Å². The van der Waals surface area contributed by atoms with Crippen molar-refractivity contribution in [2.24, 2.45) is 0 Å². The molecule has 0 bridgehead atoms. The molecule has 0 N–H and O–H groups in total. The van der Waals surface area contributed by atoms with Gasteiger partial charge in [0.1, 0.15) is 0 Å². The van der Waals surface area contributed by atoms with Gasteiger partial charge >= 0.3 is 0 Å². The van der Waals surface area contributed by atoms with Crippen LogP contribution in [-0.4, -0.2) is 31.2 Å². The van der Waals surface area contributed by atoms with Crippen LogP contribution in [0.4, 0.5) is 0 Å². The first kappa shape index (κ1) is 14.3. The summed E-state index contributed by atoms with van der Waals surface area (Å²) in [5, 5.41) is 0. The van der Waals surface area contributed by atoms with Crippen molar-refractivity contribution in [3.05, 3.63) is 24.9 Å². The topological polar surface area (TPSA) is 12.5 Å². The molecule has 0 atom stereocenters. The lowest BCUT2D eigenvalue weighted by atomic mass is 10.1. The molecule has 17 heavy (non-hydrogen) atoms. The number of rotatable bonds is 9. The van der Waals surface area contributed by atoms with Crippen LogP contribution in [0.25, 0.3) is 0 Å². The van der Waals surface area contributed by atoms with Crippen molar-refractivity contribution in [2.45, 2.75) is 44.9 Å². The van der Waals surface area contributed by atoms with E-state index in [9.17, 15) is 0 Å². The Hall–Kier alpha value is -0.760. The van der Waals surface area contributed by atoms with Gasteiger partial charge in [-0.25, -0.2) is 0 Å². The number of nitrogens with zero attached hydrogens (tertiary/aromatic N) is 1. The molecule has 1 heterocycles. The standard InChI is InChI=1S/C15H27NO/c1-2-3-4-5-6-7-8-9-10-11-16-12-14-17-15-13-16/h2,10-11H,1,3-9,12-15H2/b11-10+. The summed E-state index contributed by atoms with van der Waals surface area (Å²) in [4.78, 5) is 2.35. The summed E-state index contributed by atoms with van der Waals surface area (Å²) >= 11 is 0. The summed E-state index contributed by atoms with van der Waals surface area (Å²) in [6.07, 6.45) is 15.7. The Morgan fingerprint density at radius 3 is 2.29 bits per heavy atom. The Kier molecular flexibility index (Phi) is 8.75. The molecule has 0 aromatic rings. The minimum atomic E-state index is 0.883. The van der Waals surface area contributed by atoms with Gasteiger partial charge in [-0.15, -0.1) is 6.58 Å². The van der Waals surface area contributed by atoms with Crippen LogP contribution < -0.4 is 0 Å². The average Bonchev–Trinajstić information content (AvgIpc) is 2.38. The Morgan fingerprint density at radius 1 is 0.941 bits per heavy atom. The Balaban J connectivity index is 1.85. The van der Waals surface area contributed by atoms with Gasteiger partial charge in [0.15, 0.2) is 0 Å². The first-order chi connectivity index (χ1) is 8.43. The lowest BCUT2D eigenvalue weighted by molar-refractivity contribution is 0.0593. The summed E-state index contributed by atoms with van der Waals surface area (Å²) in [5.74, 6) is 0. The second-order valence-electron chi connectivity index (χ2n) is 4.67. The second-order valence-corrected chi connectivity index (χ2v) is 4.67. The molecule has 0 amide bonds. The molecule has 1 aliphatic rings. The van der Waals surface area contributed by atoms with E-state index in [2.05, 4.69) is 23.8 Å². The zero-order chi connectivity index (χ0) is 12.2. The molecule has 1 aliphatic heterocycles. The molecule has 98 valence electrons. The van der Waals surface area contributed by atoms with Crippen molar-refractivity contribution >= 4 is 0 Å². The van der Waals surface area contributed by atoms with Crippen LogP contribution in [0.3, 0.4) is 0 Å². The quantitative estimate of drug-likeness (QED) is 0.447. The third kappa shape index (κ3) is 8.03. The summed E-state index contributed by atoms with van der Waals surface area (Å²) in [6.45, 7) is 7.61. The van der Waals surface area contributed by atoms with Crippen LogP contribution in [0.5, 0.6) is 0 Å². The summed E-state index contributed by atoms with van der Waals surface area (Å²) in [7, 11) is 0. The van der Waals surface area contributed by atoms with Crippen molar-refractivity contribution in [3.8, 4) is 0 Å². The molecule has 0 spiro atoms. The van der Waals surface area contributed by atoms with Crippen molar-refractivity contribution in [1.82, 2.24) is 4.90 Å². The summed E-state index contributed by atoms with van der Waals surface area (Å²) in [6, 6.07) is 0. The maximum absolute atomic E-state index is 5.31. The molecule has 2 nitrogen and oxygen atoms in total. The third-order valence-corrected chi connectivity index (χ3v) is 3.14. The predicted octanol–water partition coefficient (Wildman–Crippen LogP) is 3.75. The molecule has 0 aliphatic carbocycles. The van der Waals surface area contributed by atoms with Crippen LogP contribution in [0.1, 0.15) is 44.9 Å². The fourth-order valence-electron chi connectivity index (χ4n) is 2.03. The van der Waals surface area contributed by atoms with Crippen molar-refractivity contribution in [1.29, 1.82) is 0 Å². The predicted molar refractivity (Wildman–Crippen MR) is 74.0 cm³/mol. The Labute approximate surface area is 106 Å². The molecule has 0 radical (unpaired) electrons. The zero-order valence-electron chi connectivity index (χ0n) is 11.1. The van der Waals surface area contributed by atoms with Gasteiger partial charge in [-0.1, -0.05) is 31.4 Å². The van der Waals surface area contributed by atoms with Gasteiger partial charge in [-0.05, 0) is 31.9 Å². The lowest BCUT2D eigenvalue weighted by Crippen LogP contribution is -2.31. The second kappa shape index (κ2) is 10.4. The number of allylic oxidation sites excluding steroid dienone is 2. The highest BCUT2D eigenvalue weighted by Crippen LogP contribution is 2.08. The number of unbranched alkanes of at least 4 members (excludes halogenated alkanes) is 6. The molecule has 0 saturated carbocycles. The van der Waals surface area contributed by atoms with E-state index in [1.54, 1.807) is 0 Å². The van der Waals surface area contributed by atoms with E-state index in [0.29, 0.717) is 0 Å². The van der Waals surface area contributed by atoms with E-state index >= 15 is 0 Å². The van der Waals surface area contributed by atoms with Gasteiger partial charge in [-0.3, -0.25) is 0 Å². The van der Waals surface area contributed by atoms with Crippen molar-refractivity contribution < 1.29 is 4.74 Å². The van der Waals surface area contributed by atoms with E-state index in [-0.39, 0.29) is 0 Å². The molecule has 1 fully saturated rings. The highest BCUT2D eigenvalue weighted by Gasteiger charge is 2.04. The number of ether oxygens (including phenoxy) is 1. The van der Waals surface area contributed by atoms with Crippen molar-refractivity contribution in [2.75, 3.05) is 26.3 Å². The SMILES string of the molecule is C=CCCCCCCC/C=C/N1CCOCC1. The Bertz CT molecular complexity index is 207. The molecule has 1 saturated heterocycles. The van der Waals surface area contributed by atoms with E-state index < -0.39 is 0 Å². The first-order valence-corrected chi connectivity index (χ1v) is 7.03. The smallest absolute Gasteiger partial charge is 0.0642 e. The zero-order valence-corrected chi connectivity index (χ0v) is 11.1. The van der Waals surface area contributed by atoms with Gasteiger partial charge in [-0.2, -0.15) is 0 Å². The molecule has 2 heteroatoms. The van der Waals surface area contributed by atoms with E-state index in [1.807, 2.05) is 6.08 Å². The molecular formula is C15H27NO. The minimum absolute atomic E-state index is 0.883. The Morgan fingerprint density at radius 2 is 1.59 bits per heavy atom. The highest BCUT2D eigenvalue weighted by atomic mass is 16.5. The largest absolute Gasteiger partial charge is 0.378 e. The van der Waals surface area contributed by atoms with Gasteiger partial charge in [0.2, 0.25) is 0 Å². The van der Waals surface area contributed by atoms with Crippen LogP contribution in [0.2, 0.25) is 0 Å². The number of morpholine rings is 1. The lowest BCUT2D eigenvalue weighted by Gasteiger charge is -2.24. The fourth-order valence-corrected chi connectivity index (χ4v) is 2.03. The molecule has 1 rings (SSSR count). The maximum Gasteiger partial charge on any atom is 0.0642 e. The van der Waals surface area contributed by atoms with Crippen molar-refractivity contribution in [3.63, 3.8) is 0 Å². The third-order valence-electron chi connectivity index (χ3n) is 3.14. The normalized spacial score (nSPS) is 16.6. The van der Waals surface area contributed by atoms with Gasteiger partial charge in [0.05, 0.1) is 13.2 Å². The van der Waals surface area contributed by atoms with Crippen LogP contribution >= 0.6 is 0 Å². The van der Waals surface area contributed by atoms with Gasteiger partial charge < -0.3 is 9.64 Å². The monoisotopic (exact) mass is 237 g/mol. The highest BCUT2D eigenvalue weighted by molar-refractivity contribution is 4.83. The molecule has 0 aromatic carbocycles. The first-order valence-electron chi connectivity index (χ1n) is 7.03. The molecular weight excluding hydrogens is 210 g/mol. The van der Waals surface area contributed by atoms with Gasteiger partial charge in [0, 0.05) is 13.1 Å². The summed E-state index contributed by atoms with van der Waals surface area (Å²) in [5.41, 5.74) is 0. The van der Waals surface area contributed by atoms with Crippen LogP contribution in [0, 0.1) is 0 Å². The maximum atomic E-state index is 5.31. The average molecular weight is 237 g/mol. The molecule has 0 unspecified atom stereocenters. The summed E-state index contributed by atoms with van der Waals surface area (Å²) < 4.78 is 5.31. The van der Waals surface area contributed by atoms with E-state index in [0.717, 1.165) is 26.3 Å². The fraction of sp³-hybridized carbons (Fsp3) is 0.733. The van der Waals surface area contributed by atoms with Crippen LogP contribution in [0.15, 0.2) is 24.9 Å². The number of hydrogen-bond acceptors (Lipinski definition) is 2.